The van der Waals surface area contributed by atoms with Gasteiger partial charge in [0.25, 0.3) is 0 Å². The van der Waals surface area contributed by atoms with Crippen molar-refractivity contribution in [2.24, 2.45) is 11.8 Å². The summed E-state index contributed by atoms with van der Waals surface area (Å²) in [5.74, 6) is 0.702. The highest BCUT2D eigenvalue weighted by Gasteiger charge is 2.37. The molecular formula is C20H27F3N2O. The highest BCUT2D eigenvalue weighted by atomic mass is 19.4. The van der Waals surface area contributed by atoms with E-state index >= 15 is 0 Å². The highest BCUT2D eigenvalue weighted by Crippen LogP contribution is 2.35. The fourth-order valence-corrected chi connectivity index (χ4v) is 3.85. The third-order valence-corrected chi connectivity index (χ3v) is 5.61. The van der Waals surface area contributed by atoms with E-state index in [1.807, 2.05) is 0 Å². The molecule has 0 radical (unpaired) electrons. The number of amides is 1. The number of carbonyl (C=O) groups is 1. The van der Waals surface area contributed by atoms with Crippen LogP contribution in [0.3, 0.4) is 0 Å². The van der Waals surface area contributed by atoms with Crippen LogP contribution in [0.2, 0.25) is 0 Å². The molecule has 1 aliphatic heterocycles. The quantitative estimate of drug-likeness (QED) is 0.815. The molecule has 1 aromatic carbocycles. The lowest BCUT2D eigenvalue weighted by molar-refractivity contribution is -0.140. The molecule has 1 aliphatic carbocycles. The predicted molar refractivity (Wildman–Crippen MR) is 94.4 cm³/mol. The Labute approximate surface area is 152 Å². The smallest absolute Gasteiger partial charge is 0.335 e. The van der Waals surface area contributed by atoms with Gasteiger partial charge in [-0.1, -0.05) is 25.1 Å². The van der Waals surface area contributed by atoms with Gasteiger partial charge in [-0.25, -0.2) is 0 Å². The Morgan fingerprint density at radius 3 is 2.62 bits per heavy atom. The molecule has 26 heavy (non-hydrogen) atoms. The van der Waals surface area contributed by atoms with Gasteiger partial charge in [0.05, 0.1) is 5.56 Å². The Bertz CT molecular complexity index is 622. The summed E-state index contributed by atoms with van der Waals surface area (Å²) in [5, 5.41) is 3.37. The fraction of sp³-hybridized carbons (Fsp3) is 0.650. The first kappa shape index (κ1) is 19.2. The van der Waals surface area contributed by atoms with Crippen LogP contribution in [0.1, 0.15) is 50.2 Å². The molecule has 1 saturated heterocycles. The minimum Gasteiger partial charge on any atom is -0.335 e. The molecule has 6 heteroatoms. The van der Waals surface area contributed by atoms with Gasteiger partial charge in [0.2, 0.25) is 5.91 Å². The number of nitrogens with one attached hydrogen (secondary N) is 1. The molecule has 1 amide bonds. The number of hydrogen-bond acceptors (Lipinski definition) is 2. The summed E-state index contributed by atoms with van der Waals surface area (Å²) in [6, 6.07) is 5.69. The van der Waals surface area contributed by atoms with Crippen molar-refractivity contribution < 1.29 is 18.0 Å². The summed E-state index contributed by atoms with van der Waals surface area (Å²) in [7, 11) is 0. The van der Waals surface area contributed by atoms with Crippen LogP contribution in [0.25, 0.3) is 0 Å². The summed E-state index contributed by atoms with van der Waals surface area (Å²) in [5.41, 5.74) is -0.449. The van der Waals surface area contributed by atoms with E-state index in [-0.39, 0.29) is 30.0 Å². The van der Waals surface area contributed by atoms with Gasteiger partial charge in [0.15, 0.2) is 0 Å². The Balaban J connectivity index is 1.69. The first-order valence-electron chi connectivity index (χ1n) is 9.51. The molecule has 0 aromatic heterocycles. The van der Waals surface area contributed by atoms with Crippen molar-refractivity contribution in [2.75, 3.05) is 13.1 Å². The Kier molecular flexibility index (Phi) is 5.90. The molecule has 2 fully saturated rings. The molecule has 1 aromatic rings. The van der Waals surface area contributed by atoms with Crippen LogP contribution in [-0.4, -0.2) is 29.9 Å². The number of rotatable bonds is 6. The van der Waals surface area contributed by atoms with Gasteiger partial charge in [-0.3, -0.25) is 4.79 Å². The number of piperidine rings is 1. The number of alkyl halides is 3. The van der Waals surface area contributed by atoms with Crippen molar-refractivity contribution in [2.45, 2.75) is 57.8 Å². The van der Waals surface area contributed by atoms with E-state index in [4.69, 9.17) is 0 Å². The van der Waals surface area contributed by atoms with Crippen molar-refractivity contribution in [3.05, 3.63) is 35.4 Å². The van der Waals surface area contributed by atoms with Crippen molar-refractivity contribution in [1.82, 2.24) is 10.2 Å². The minimum absolute atomic E-state index is 0.0115. The molecule has 0 bridgehead atoms. The molecule has 3 rings (SSSR count). The second-order valence-electron chi connectivity index (χ2n) is 7.70. The molecule has 0 spiro atoms. The van der Waals surface area contributed by atoms with Gasteiger partial charge >= 0.3 is 6.18 Å². The predicted octanol–water partition coefficient (Wildman–Crippen LogP) is 4.22. The normalized spacial score (nSPS) is 22.1. The third kappa shape index (κ3) is 4.78. The van der Waals surface area contributed by atoms with Gasteiger partial charge in [0.1, 0.15) is 0 Å². The average Bonchev–Trinajstić information content (AvgIpc) is 3.44. The second kappa shape index (κ2) is 7.99. The molecule has 2 unspecified atom stereocenters. The molecular weight excluding hydrogens is 341 g/mol. The minimum atomic E-state index is -4.39. The number of hydrogen-bond donors (Lipinski definition) is 1. The van der Waals surface area contributed by atoms with Crippen LogP contribution in [0.15, 0.2) is 24.3 Å². The van der Waals surface area contributed by atoms with Gasteiger partial charge in [0, 0.05) is 19.0 Å². The van der Waals surface area contributed by atoms with Gasteiger partial charge < -0.3 is 10.2 Å². The molecule has 1 saturated carbocycles. The van der Waals surface area contributed by atoms with Crippen molar-refractivity contribution in [3.8, 4) is 0 Å². The molecule has 1 N–H and O–H groups in total. The number of halogens is 3. The maximum atomic E-state index is 13.3. The maximum Gasteiger partial charge on any atom is 0.416 e. The Hall–Kier alpha value is -1.56. The Morgan fingerprint density at radius 2 is 2.00 bits per heavy atom. The first-order chi connectivity index (χ1) is 12.4. The topological polar surface area (TPSA) is 32.3 Å². The van der Waals surface area contributed by atoms with E-state index in [0.717, 1.165) is 44.8 Å². The molecule has 144 valence electrons. The lowest BCUT2D eigenvalue weighted by Crippen LogP contribution is -2.38. The summed E-state index contributed by atoms with van der Waals surface area (Å²) in [6.45, 7) is 4.09. The molecule has 3 nitrogen and oxygen atoms in total. The maximum absolute atomic E-state index is 13.3. The largest absolute Gasteiger partial charge is 0.416 e. The van der Waals surface area contributed by atoms with E-state index in [0.29, 0.717) is 12.3 Å². The average molecular weight is 368 g/mol. The molecule has 2 aliphatic rings. The van der Waals surface area contributed by atoms with Crippen LogP contribution >= 0.6 is 0 Å². The van der Waals surface area contributed by atoms with Gasteiger partial charge in [-0.05, 0) is 62.2 Å². The van der Waals surface area contributed by atoms with Crippen LogP contribution < -0.4 is 5.32 Å². The molecule has 2 atom stereocenters. The van der Waals surface area contributed by atoms with Crippen LogP contribution in [0.4, 0.5) is 13.2 Å². The van der Waals surface area contributed by atoms with Crippen LogP contribution in [0.5, 0.6) is 0 Å². The summed E-state index contributed by atoms with van der Waals surface area (Å²) < 4.78 is 39.8. The van der Waals surface area contributed by atoms with Crippen molar-refractivity contribution >= 4 is 5.91 Å². The van der Waals surface area contributed by atoms with Crippen LogP contribution in [-0.2, 0) is 17.5 Å². The number of benzene rings is 1. The highest BCUT2D eigenvalue weighted by molar-refractivity contribution is 5.77. The summed E-state index contributed by atoms with van der Waals surface area (Å²) in [4.78, 5) is 14.5. The number of nitrogens with zero attached hydrogens (tertiary/aromatic N) is 1. The summed E-state index contributed by atoms with van der Waals surface area (Å²) >= 11 is 0. The van der Waals surface area contributed by atoms with Gasteiger partial charge in [-0.2, -0.15) is 13.2 Å². The Morgan fingerprint density at radius 1 is 1.27 bits per heavy atom. The summed E-state index contributed by atoms with van der Waals surface area (Å²) in [6.07, 6.45) is 0.0296. The lowest BCUT2D eigenvalue weighted by Gasteiger charge is -2.30. The van der Waals surface area contributed by atoms with E-state index in [1.165, 1.54) is 12.1 Å². The van der Waals surface area contributed by atoms with E-state index in [2.05, 4.69) is 12.2 Å². The zero-order valence-electron chi connectivity index (χ0n) is 15.2. The van der Waals surface area contributed by atoms with Crippen molar-refractivity contribution in [3.63, 3.8) is 0 Å². The SMILES string of the molecule is CC(CC(=O)N(Cc1ccccc1C(F)(F)F)C1CC1)C1CCCNC1. The monoisotopic (exact) mass is 368 g/mol. The second-order valence-corrected chi connectivity index (χ2v) is 7.70. The number of carbonyl (C=O) groups excluding carboxylic acids is 1. The van der Waals surface area contributed by atoms with Crippen molar-refractivity contribution in [1.29, 1.82) is 0 Å². The zero-order chi connectivity index (χ0) is 18.7. The third-order valence-electron chi connectivity index (χ3n) is 5.61. The van der Waals surface area contributed by atoms with Crippen LogP contribution in [0, 0.1) is 11.8 Å². The zero-order valence-corrected chi connectivity index (χ0v) is 15.2. The lowest BCUT2D eigenvalue weighted by atomic mass is 9.85. The van der Waals surface area contributed by atoms with E-state index in [9.17, 15) is 18.0 Å². The van der Waals surface area contributed by atoms with E-state index in [1.54, 1.807) is 11.0 Å². The van der Waals surface area contributed by atoms with Gasteiger partial charge in [-0.15, -0.1) is 0 Å². The first-order valence-corrected chi connectivity index (χ1v) is 9.51. The van der Waals surface area contributed by atoms with E-state index < -0.39 is 11.7 Å². The standard InChI is InChI=1S/C20H27F3N2O/c1-14(15-6-4-10-24-12-15)11-19(26)25(17-8-9-17)13-16-5-2-3-7-18(16)20(21,22)23/h2-3,5,7,14-15,17,24H,4,6,8-13H2,1H3. The molecule has 1 heterocycles. The fourth-order valence-electron chi connectivity index (χ4n) is 3.85.